The maximum atomic E-state index is 6.30. The van der Waals surface area contributed by atoms with E-state index >= 15 is 0 Å². The van der Waals surface area contributed by atoms with Gasteiger partial charge in [0.1, 0.15) is 0 Å². The van der Waals surface area contributed by atoms with Gasteiger partial charge in [0.25, 0.3) is 0 Å². The van der Waals surface area contributed by atoms with E-state index in [4.69, 9.17) is 5.73 Å². The summed E-state index contributed by atoms with van der Waals surface area (Å²) < 4.78 is 0. The average molecular weight is 216 g/mol. The van der Waals surface area contributed by atoms with Gasteiger partial charge in [-0.3, -0.25) is 0 Å². The summed E-state index contributed by atoms with van der Waals surface area (Å²) in [7, 11) is 0. The Morgan fingerprint density at radius 3 is 2.81 bits per heavy atom. The van der Waals surface area contributed by atoms with Crippen molar-refractivity contribution in [3.05, 3.63) is 36.0 Å². The summed E-state index contributed by atoms with van der Waals surface area (Å²) in [5, 5.41) is 1.30. The van der Waals surface area contributed by atoms with E-state index in [1.54, 1.807) is 0 Å². The van der Waals surface area contributed by atoms with Crippen molar-refractivity contribution in [3.63, 3.8) is 0 Å². The van der Waals surface area contributed by atoms with Crippen molar-refractivity contribution in [2.45, 2.75) is 38.6 Å². The average Bonchev–Trinajstić information content (AvgIpc) is 2.61. The molecular weight excluding hydrogens is 196 g/mol. The van der Waals surface area contributed by atoms with E-state index in [2.05, 4.69) is 49.3 Å². The zero-order valence-corrected chi connectivity index (χ0v) is 10.1. The Morgan fingerprint density at radius 2 is 2.06 bits per heavy atom. The van der Waals surface area contributed by atoms with Gasteiger partial charge in [-0.15, -0.1) is 0 Å². The molecule has 2 rings (SSSR count). The van der Waals surface area contributed by atoms with Gasteiger partial charge < -0.3 is 10.7 Å². The monoisotopic (exact) mass is 216 g/mol. The second kappa shape index (κ2) is 4.30. The van der Waals surface area contributed by atoms with E-state index in [0.717, 1.165) is 19.3 Å². The number of nitrogens with two attached hydrogens (primary N) is 1. The van der Waals surface area contributed by atoms with Crippen LogP contribution >= 0.6 is 0 Å². The van der Waals surface area contributed by atoms with Crippen molar-refractivity contribution in [2.75, 3.05) is 0 Å². The topological polar surface area (TPSA) is 41.8 Å². The highest BCUT2D eigenvalue weighted by Gasteiger charge is 2.19. The Labute approximate surface area is 96.9 Å². The molecule has 0 aliphatic carbocycles. The third kappa shape index (κ3) is 2.27. The number of hydrogen-bond acceptors (Lipinski definition) is 1. The minimum atomic E-state index is -0.0975. The maximum absolute atomic E-state index is 6.30. The number of rotatable bonds is 4. The molecule has 2 aromatic rings. The molecule has 1 heterocycles. The highest BCUT2D eigenvalue weighted by atomic mass is 14.7. The number of hydrogen-bond donors (Lipinski definition) is 2. The van der Waals surface area contributed by atoms with E-state index < -0.39 is 0 Å². The molecule has 0 spiro atoms. The second-order valence-electron chi connectivity index (χ2n) is 4.94. The van der Waals surface area contributed by atoms with Crippen LogP contribution in [0.2, 0.25) is 0 Å². The molecule has 0 aliphatic heterocycles. The first-order valence-electron chi connectivity index (χ1n) is 5.96. The van der Waals surface area contributed by atoms with Crippen molar-refractivity contribution in [2.24, 2.45) is 5.73 Å². The predicted molar refractivity (Wildman–Crippen MR) is 69.5 cm³/mol. The van der Waals surface area contributed by atoms with Gasteiger partial charge in [0.2, 0.25) is 0 Å². The summed E-state index contributed by atoms with van der Waals surface area (Å²) in [5.74, 6) is 0. The van der Waals surface area contributed by atoms with Crippen molar-refractivity contribution >= 4 is 10.9 Å². The van der Waals surface area contributed by atoms with Crippen molar-refractivity contribution in [3.8, 4) is 0 Å². The SMILES string of the molecule is CCCC(C)(N)Cc1c[nH]c2ccccc12. The summed E-state index contributed by atoms with van der Waals surface area (Å²) >= 11 is 0. The fraction of sp³-hybridized carbons (Fsp3) is 0.429. The van der Waals surface area contributed by atoms with Crippen LogP contribution in [0.15, 0.2) is 30.5 Å². The fourth-order valence-electron chi connectivity index (χ4n) is 2.37. The molecule has 0 radical (unpaired) electrons. The Bertz CT molecular complexity index is 468. The van der Waals surface area contributed by atoms with Crippen LogP contribution in [-0.2, 0) is 6.42 Å². The predicted octanol–water partition coefficient (Wildman–Crippen LogP) is 3.23. The summed E-state index contributed by atoms with van der Waals surface area (Å²) in [5.41, 5.74) is 8.72. The van der Waals surface area contributed by atoms with Crippen LogP contribution < -0.4 is 5.73 Å². The number of nitrogens with one attached hydrogen (secondary N) is 1. The zero-order chi connectivity index (χ0) is 11.6. The smallest absolute Gasteiger partial charge is 0.0456 e. The molecule has 3 N–H and O–H groups in total. The van der Waals surface area contributed by atoms with E-state index in [-0.39, 0.29) is 5.54 Å². The van der Waals surface area contributed by atoms with E-state index in [1.165, 1.54) is 16.5 Å². The standard InChI is InChI=1S/C14H20N2/c1-3-8-14(2,15)9-11-10-16-13-7-5-4-6-12(11)13/h4-7,10,16H,3,8-9,15H2,1-2H3. The molecule has 86 valence electrons. The van der Waals surface area contributed by atoms with Gasteiger partial charge in [-0.2, -0.15) is 0 Å². The molecule has 0 amide bonds. The minimum absolute atomic E-state index is 0.0975. The molecule has 1 aromatic heterocycles. The van der Waals surface area contributed by atoms with Gasteiger partial charge in [-0.1, -0.05) is 31.5 Å². The summed E-state index contributed by atoms with van der Waals surface area (Å²) in [6, 6.07) is 8.39. The van der Waals surface area contributed by atoms with Crippen molar-refractivity contribution in [1.29, 1.82) is 0 Å². The molecule has 0 aliphatic rings. The molecular formula is C14H20N2. The number of benzene rings is 1. The normalized spacial score (nSPS) is 15.2. The number of aromatic nitrogens is 1. The van der Waals surface area contributed by atoms with Gasteiger partial charge >= 0.3 is 0 Å². The lowest BCUT2D eigenvalue weighted by atomic mass is 9.89. The third-order valence-electron chi connectivity index (χ3n) is 3.09. The van der Waals surface area contributed by atoms with Gasteiger partial charge in [-0.25, -0.2) is 0 Å². The second-order valence-corrected chi connectivity index (χ2v) is 4.94. The Balaban J connectivity index is 2.27. The largest absolute Gasteiger partial charge is 0.361 e. The molecule has 0 saturated heterocycles. The van der Waals surface area contributed by atoms with Gasteiger partial charge in [0, 0.05) is 22.6 Å². The third-order valence-corrected chi connectivity index (χ3v) is 3.09. The van der Waals surface area contributed by atoms with Crippen molar-refractivity contribution < 1.29 is 0 Å². The minimum Gasteiger partial charge on any atom is -0.361 e. The van der Waals surface area contributed by atoms with Gasteiger partial charge in [0.05, 0.1) is 0 Å². The highest BCUT2D eigenvalue weighted by molar-refractivity contribution is 5.83. The maximum Gasteiger partial charge on any atom is 0.0456 e. The first-order valence-corrected chi connectivity index (χ1v) is 5.96. The summed E-state index contributed by atoms with van der Waals surface area (Å²) in [4.78, 5) is 3.30. The molecule has 2 nitrogen and oxygen atoms in total. The molecule has 0 bridgehead atoms. The van der Waals surface area contributed by atoms with Crippen LogP contribution in [0.25, 0.3) is 10.9 Å². The summed E-state index contributed by atoms with van der Waals surface area (Å²) in [6.45, 7) is 4.32. The molecule has 0 saturated carbocycles. The molecule has 1 unspecified atom stereocenters. The lowest BCUT2D eigenvalue weighted by Gasteiger charge is -2.23. The highest BCUT2D eigenvalue weighted by Crippen LogP contribution is 2.23. The summed E-state index contributed by atoms with van der Waals surface area (Å²) in [6.07, 6.45) is 5.22. The first kappa shape index (κ1) is 11.2. The molecule has 1 aromatic carbocycles. The van der Waals surface area contributed by atoms with E-state index in [1.807, 2.05) is 0 Å². The number of aromatic amines is 1. The fourth-order valence-corrected chi connectivity index (χ4v) is 2.37. The Kier molecular flexibility index (Phi) is 3.01. The van der Waals surface area contributed by atoms with Crippen LogP contribution in [0.5, 0.6) is 0 Å². The lowest BCUT2D eigenvalue weighted by Crippen LogP contribution is -2.38. The number of H-pyrrole nitrogens is 1. The molecule has 1 atom stereocenters. The molecule has 2 heteroatoms. The van der Waals surface area contributed by atoms with E-state index in [0.29, 0.717) is 0 Å². The van der Waals surface area contributed by atoms with E-state index in [9.17, 15) is 0 Å². The quantitative estimate of drug-likeness (QED) is 0.809. The van der Waals surface area contributed by atoms with Crippen LogP contribution in [-0.4, -0.2) is 10.5 Å². The first-order chi connectivity index (χ1) is 7.62. The van der Waals surface area contributed by atoms with Crippen molar-refractivity contribution in [1.82, 2.24) is 4.98 Å². The Morgan fingerprint density at radius 1 is 1.31 bits per heavy atom. The molecule has 0 fully saturated rings. The van der Waals surface area contributed by atoms with Crippen LogP contribution in [0.4, 0.5) is 0 Å². The zero-order valence-electron chi connectivity index (χ0n) is 10.1. The van der Waals surface area contributed by atoms with Crippen LogP contribution in [0, 0.1) is 0 Å². The number of fused-ring (bicyclic) bond motifs is 1. The number of para-hydroxylation sites is 1. The lowest BCUT2D eigenvalue weighted by molar-refractivity contribution is 0.426. The van der Waals surface area contributed by atoms with Crippen LogP contribution in [0.1, 0.15) is 32.3 Å². The Hall–Kier alpha value is -1.28. The van der Waals surface area contributed by atoms with Crippen LogP contribution in [0.3, 0.4) is 0 Å². The van der Waals surface area contributed by atoms with Gasteiger partial charge in [-0.05, 0) is 31.4 Å². The molecule has 16 heavy (non-hydrogen) atoms. The van der Waals surface area contributed by atoms with Gasteiger partial charge in [0.15, 0.2) is 0 Å².